The number of amides is 1. The van der Waals surface area contributed by atoms with Crippen molar-refractivity contribution in [2.45, 2.75) is 19.4 Å². The van der Waals surface area contributed by atoms with Crippen molar-refractivity contribution in [2.75, 3.05) is 25.1 Å². The normalized spacial score (nSPS) is 18.1. The Morgan fingerprint density at radius 3 is 3.14 bits per heavy atom. The smallest absolute Gasteiger partial charge is 0.226 e. The summed E-state index contributed by atoms with van der Waals surface area (Å²) in [5.41, 5.74) is 1.60. The van der Waals surface area contributed by atoms with E-state index in [0.29, 0.717) is 25.5 Å². The minimum atomic E-state index is -0.0358. The molecule has 1 aliphatic rings. The molecule has 22 heavy (non-hydrogen) atoms. The van der Waals surface area contributed by atoms with Gasteiger partial charge in [0.2, 0.25) is 5.91 Å². The number of anilines is 1. The quantitative estimate of drug-likeness (QED) is 0.786. The number of carbonyl (C=O) groups is 1. The molecule has 0 bridgehead atoms. The number of H-pyrrole nitrogens is 1. The number of aromatic amines is 1. The summed E-state index contributed by atoms with van der Waals surface area (Å²) in [7, 11) is 0. The van der Waals surface area contributed by atoms with Gasteiger partial charge in [-0.2, -0.15) is 5.10 Å². The minimum absolute atomic E-state index is 0.0358. The lowest BCUT2D eigenvalue weighted by molar-refractivity contribution is -0.117. The standard InChI is InChI=1S/C15H19N5O2/c1-10-17-15(20-19-10)11-3-2-4-12(7-11)18-14(21)8-13-9-22-6-5-16-13/h2-4,7,13,16H,5-6,8-9H2,1H3,(H,18,21)(H,17,19,20). The summed E-state index contributed by atoms with van der Waals surface area (Å²) in [6.45, 7) is 3.92. The highest BCUT2D eigenvalue weighted by Crippen LogP contribution is 2.19. The van der Waals surface area contributed by atoms with Crippen LogP contribution < -0.4 is 10.6 Å². The van der Waals surface area contributed by atoms with Crippen molar-refractivity contribution in [3.8, 4) is 11.4 Å². The van der Waals surface area contributed by atoms with Crippen molar-refractivity contribution in [3.63, 3.8) is 0 Å². The van der Waals surface area contributed by atoms with Crippen molar-refractivity contribution in [2.24, 2.45) is 0 Å². The van der Waals surface area contributed by atoms with E-state index in [-0.39, 0.29) is 11.9 Å². The van der Waals surface area contributed by atoms with Crippen LogP contribution in [0.3, 0.4) is 0 Å². The summed E-state index contributed by atoms with van der Waals surface area (Å²) in [5.74, 6) is 1.34. The van der Waals surface area contributed by atoms with Crippen LogP contribution in [0.4, 0.5) is 5.69 Å². The second kappa shape index (κ2) is 6.67. The predicted octanol–water partition coefficient (Wildman–Crippen LogP) is 1.10. The third kappa shape index (κ3) is 3.69. The Balaban J connectivity index is 1.63. The largest absolute Gasteiger partial charge is 0.378 e. The molecule has 1 aromatic heterocycles. The van der Waals surface area contributed by atoms with Gasteiger partial charge in [-0.15, -0.1) is 0 Å². The third-order valence-corrected chi connectivity index (χ3v) is 3.43. The Morgan fingerprint density at radius 2 is 2.41 bits per heavy atom. The Kier molecular flexibility index (Phi) is 4.45. The number of aromatic nitrogens is 3. The SMILES string of the molecule is Cc1nc(-c2cccc(NC(=O)CC3COCCN3)c2)n[nH]1. The molecule has 1 amide bonds. The highest BCUT2D eigenvalue weighted by molar-refractivity contribution is 5.91. The van der Waals surface area contributed by atoms with Gasteiger partial charge in [-0.05, 0) is 19.1 Å². The second-order valence-corrected chi connectivity index (χ2v) is 5.30. The summed E-state index contributed by atoms with van der Waals surface area (Å²) in [4.78, 5) is 16.4. The monoisotopic (exact) mass is 301 g/mol. The fourth-order valence-corrected chi connectivity index (χ4v) is 2.39. The lowest BCUT2D eigenvalue weighted by Gasteiger charge is -2.23. The molecule has 2 heterocycles. The van der Waals surface area contributed by atoms with Crippen LogP contribution in [0.15, 0.2) is 24.3 Å². The fourth-order valence-electron chi connectivity index (χ4n) is 2.39. The molecule has 1 fully saturated rings. The molecular formula is C15H19N5O2. The van der Waals surface area contributed by atoms with E-state index < -0.39 is 0 Å². The summed E-state index contributed by atoms with van der Waals surface area (Å²) in [6, 6.07) is 7.58. The zero-order chi connectivity index (χ0) is 15.4. The maximum atomic E-state index is 12.1. The number of carbonyl (C=O) groups excluding carboxylic acids is 1. The lowest BCUT2D eigenvalue weighted by Crippen LogP contribution is -2.43. The number of nitrogens with zero attached hydrogens (tertiary/aromatic N) is 2. The molecule has 1 aromatic carbocycles. The molecule has 1 saturated heterocycles. The average Bonchev–Trinajstić information content (AvgIpc) is 2.95. The summed E-state index contributed by atoms with van der Waals surface area (Å²) >= 11 is 0. The summed E-state index contributed by atoms with van der Waals surface area (Å²) < 4.78 is 5.35. The van der Waals surface area contributed by atoms with Crippen LogP contribution in [0.5, 0.6) is 0 Å². The lowest BCUT2D eigenvalue weighted by atomic mass is 10.1. The maximum absolute atomic E-state index is 12.1. The number of nitrogens with one attached hydrogen (secondary N) is 3. The Labute approximate surface area is 128 Å². The number of aryl methyl sites for hydroxylation is 1. The molecule has 0 spiro atoms. The van der Waals surface area contributed by atoms with Crippen molar-refractivity contribution < 1.29 is 9.53 Å². The number of ether oxygens (including phenoxy) is 1. The van der Waals surface area contributed by atoms with Crippen molar-refractivity contribution >= 4 is 11.6 Å². The van der Waals surface area contributed by atoms with Gasteiger partial charge in [0.1, 0.15) is 5.82 Å². The van der Waals surface area contributed by atoms with E-state index in [1.807, 2.05) is 31.2 Å². The topological polar surface area (TPSA) is 91.9 Å². The molecule has 1 atom stereocenters. The summed E-state index contributed by atoms with van der Waals surface area (Å²) in [5, 5.41) is 13.1. The molecule has 7 nitrogen and oxygen atoms in total. The van der Waals surface area contributed by atoms with E-state index in [4.69, 9.17) is 4.74 Å². The zero-order valence-corrected chi connectivity index (χ0v) is 12.4. The third-order valence-electron chi connectivity index (χ3n) is 3.43. The van der Waals surface area contributed by atoms with E-state index in [1.165, 1.54) is 0 Å². The number of hydrogen-bond acceptors (Lipinski definition) is 5. The van der Waals surface area contributed by atoms with Crippen LogP contribution in [0, 0.1) is 6.92 Å². The van der Waals surface area contributed by atoms with Crippen LogP contribution in [0.1, 0.15) is 12.2 Å². The van der Waals surface area contributed by atoms with Gasteiger partial charge >= 0.3 is 0 Å². The van der Waals surface area contributed by atoms with Crippen molar-refractivity contribution in [1.29, 1.82) is 0 Å². The Morgan fingerprint density at radius 1 is 1.50 bits per heavy atom. The number of rotatable bonds is 4. The van der Waals surface area contributed by atoms with Gasteiger partial charge in [-0.3, -0.25) is 9.89 Å². The zero-order valence-electron chi connectivity index (χ0n) is 12.4. The molecule has 2 aromatic rings. The van der Waals surface area contributed by atoms with E-state index >= 15 is 0 Å². The second-order valence-electron chi connectivity index (χ2n) is 5.30. The summed E-state index contributed by atoms with van der Waals surface area (Å²) in [6.07, 6.45) is 0.393. The van der Waals surface area contributed by atoms with Gasteiger partial charge in [0.05, 0.1) is 13.2 Å². The molecule has 116 valence electrons. The molecule has 0 saturated carbocycles. The van der Waals surface area contributed by atoms with Crippen LogP contribution >= 0.6 is 0 Å². The molecule has 1 aliphatic heterocycles. The molecule has 3 rings (SSSR count). The van der Waals surface area contributed by atoms with Crippen LogP contribution in [-0.2, 0) is 9.53 Å². The van der Waals surface area contributed by atoms with E-state index in [0.717, 1.165) is 23.6 Å². The van der Waals surface area contributed by atoms with Gasteiger partial charge < -0.3 is 15.4 Å². The molecule has 7 heteroatoms. The number of benzene rings is 1. The first-order valence-electron chi connectivity index (χ1n) is 7.31. The molecular weight excluding hydrogens is 282 g/mol. The predicted molar refractivity (Wildman–Crippen MR) is 82.4 cm³/mol. The minimum Gasteiger partial charge on any atom is -0.378 e. The number of morpholine rings is 1. The van der Waals surface area contributed by atoms with E-state index in [1.54, 1.807) is 0 Å². The Hall–Kier alpha value is -2.25. The van der Waals surface area contributed by atoms with Crippen LogP contribution in [0.25, 0.3) is 11.4 Å². The first-order valence-corrected chi connectivity index (χ1v) is 7.31. The molecule has 0 aliphatic carbocycles. The van der Waals surface area contributed by atoms with Crippen LogP contribution in [0.2, 0.25) is 0 Å². The first-order chi connectivity index (χ1) is 10.7. The average molecular weight is 301 g/mol. The highest BCUT2D eigenvalue weighted by atomic mass is 16.5. The van der Waals surface area contributed by atoms with Crippen molar-refractivity contribution in [1.82, 2.24) is 20.5 Å². The van der Waals surface area contributed by atoms with E-state index in [9.17, 15) is 4.79 Å². The van der Waals surface area contributed by atoms with Gasteiger partial charge in [0.25, 0.3) is 0 Å². The van der Waals surface area contributed by atoms with Gasteiger partial charge in [0.15, 0.2) is 5.82 Å². The first kappa shape index (κ1) is 14.7. The number of hydrogen-bond donors (Lipinski definition) is 3. The molecule has 1 unspecified atom stereocenters. The van der Waals surface area contributed by atoms with Gasteiger partial charge in [-0.25, -0.2) is 4.98 Å². The maximum Gasteiger partial charge on any atom is 0.226 e. The van der Waals surface area contributed by atoms with Gasteiger partial charge in [-0.1, -0.05) is 12.1 Å². The highest BCUT2D eigenvalue weighted by Gasteiger charge is 2.17. The molecule has 0 radical (unpaired) electrons. The van der Waals surface area contributed by atoms with Crippen molar-refractivity contribution in [3.05, 3.63) is 30.1 Å². The van der Waals surface area contributed by atoms with Gasteiger partial charge in [0, 0.05) is 30.3 Å². The molecule has 3 N–H and O–H groups in total. The van der Waals surface area contributed by atoms with Crippen LogP contribution in [-0.4, -0.2) is 46.9 Å². The van der Waals surface area contributed by atoms with E-state index in [2.05, 4.69) is 25.8 Å². The fraction of sp³-hybridized carbons (Fsp3) is 0.400. The Bertz CT molecular complexity index is 649.